The Morgan fingerprint density at radius 2 is 0.600 bits per heavy atom. The van der Waals surface area contributed by atoms with Gasteiger partial charge in [-0.2, -0.15) is 12.9 Å². The number of benzene rings is 6. The van der Waals surface area contributed by atoms with Crippen molar-refractivity contribution < 1.29 is 63.1 Å². The van der Waals surface area contributed by atoms with Crippen LogP contribution in [0.5, 0.6) is 34.5 Å². The van der Waals surface area contributed by atoms with Crippen LogP contribution in [0.4, 0.5) is 0 Å². The van der Waals surface area contributed by atoms with Gasteiger partial charge in [-0.15, -0.1) is 19.7 Å². The average Bonchev–Trinajstić information content (AvgIpc) is 1.04. The molecule has 0 unspecified atom stereocenters. The van der Waals surface area contributed by atoms with Gasteiger partial charge in [-0.25, -0.2) is 25.3 Å². The van der Waals surface area contributed by atoms with Crippen LogP contribution in [0.25, 0.3) is 0 Å². The highest BCUT2D eigenvalue weighted by Crippen LogP contribution is 2.28. The number of nitrogens with zero attached hydrogens (tertiary/aromatic N) is 3. The van der Waals surface area contributed by atoms with Crippen LogP contribution in [-0.2, 0) is 78.8 Å². The van der Waals surface area contributed by atoms with E-state index in [1.165, 1.54) is 12.9 Å². The molecule has 6 rings (SSSR count). The smallest absolute Gasteiger partial charge is 0.239 e. The normalized spacial score (nSPS) is 12.1. The summed E-state index contributed by atoms with van der Waals surface area (Å²) in [5, 5.41) is -1.27. The molecule has 90 heavy (non-hydrogen) atoms. The zero-order valence-electron chi connectivity index (χ0n) is 53.7. The molecule has 0 aliphatic carbocycles. The number of allylic oxidation sites excluding steroid dienone is 4. The van der Waals surface area contributed by atoms with Crippen molar-refractivity contribution in [2.24, 2.45) is 0 Å². The second kappa shape index (κ2) is 39.8. The standard InChI is InChI=1S/2C24H33NO5S.C22H27NO4S/c2*1-5-7-8-24(19-30-6-2)31(26,27)25(17-20-9-13-22(28-3)14-10-20)18-21-11-15-23(29-4)16-12-21;1-5-6-7-18(2)28(24,25)23(16-19-8-12-21(26-3)13-9-19)17-20-10-14-22(27-4)15-11-20/h2*5,9-16,24H,1,6-8,17-19H2,2-4H3;5,8-15H,1-2,6-7,16-17H2,3-4H3/t2*24-;/m10./s1. The molecule has 20 heteroatoms. The second-order valence-electron chi connectivity index (χ2n) is 20.6. The number of hydrogen-bond donors (Lipinski definition) is 0. The van der Waals surface area contributed by atoms with Gasteiger partial charge in [0, 0.05) is 52.5 Å². The minimum Gasteiger partial charge on any atom is -0.497 e. The van der Waals surface area contributed by atoms with Crippen molar-refractivity contribution in [3.8, 4) is 34.5 Å². The summed E-state index contributed by atoms with van der Waals surface area (Å²) in [4.78, 5) is 0.189. The number of ether oxygens (including phenoxy) is 8. The molecule has 0 saturated carbocycles. The molecule has 0 amide bonds. The Kier molecular flexibility index (Phi) is 33.2. The fourth-order valence-corrected chi connectivity index (χ4v) is 14.0. The summed E-state index contributed by atoms with van der Waals surface area (Å²) in [6, 6.07) is 44.5. The monoisotopic (exact) mass is 1300 g/mol. The maximum atomic E-state index is 13.7. The lowest BCUT2D eigenvalue weighted by molar-refractivity contribution is 0.143. The van der Waals surface area contributed by atoms with E-state index < -0.39 is 40.6 Å². The lowest BCUT2D eigenvalue weighted by Gasteiger charge is -2.28. The van der Waals surface area contributed by atoms with E-state index in [2.05, 4.69) is 26.3 Å². The minimum atomic E-state index is -3.67. The van der Waals surface area contributed by atoms with Gasteiger partial charge in [-0.05, 0) is 159 Å². The molecule has 0 radical (unpaired) electrons. The van der Waals surface area contributed by atoms with E-state index >= 15 is 0 Å². The SMILES string of the molecule is C=CCCC(=C)S(=O)(=O)N(Cc1ccc(OC)cc1)Cc1ccc(OC)cc1.C=CCC[C@@H](COCC)S(=O)(=O)N(Cc1ccc(OC)cc1)Cc1ccc(OC)cc1.C=CCC[C@H](COCC)S(=O)(=O)N(Cc1ccc(OC)cc1)Cc1ccc(OC)cc1. The predicted octanol–water partition coefficient (Wildman–Crippen LogP) is 13.3. The molecule has 490 valence electrons. The van der Waals surface area contributed by atoms with Crippen molar-refractivity contribution in [3.05, 3.63) is 228 Å². The van der Waals surface area contributed by atoms with Gasteiger partial charge in [-0.1, -0.05) is 97.6 Å². The first-order chi connectivity index (χ1) is 43.3. The summed E-state index contributed by atoms with van der Waals surface area (Å²) in [6.07, 6.45) is 8.24. The lowest BCUT2D eigenvalue weighted by atomic mass is 10.2. The Hall–Kier alpha value is -7.27. The largest absolute Gasteiger partial charge is 0.497 e. The molecule has 0 saturated heterocycles. The third-order valence-electron chi connectivity index (χ3n) is 14.4. The van der Waals surface area contributed by atoms with E-state index in [1.807, 2.05) is 159 Å². The Morgan fingerprint density at radius 3 is 0.800 bits per heavy atom. The van der Waals surface area contributed by atoms with Crippen molar-refractivity contribution >= 4 is 30.1 Å². The summed E-state index contributed by atoms with van der Waals surface area (Å²) in [6.45, 7) is 21.4. The van der Waals surface area contributed by atoms with Crippen molar-refractivity contribution in [2.45, 2.75) is 102 Å². The van der Waals surface area contributed by atoms with Crippen LogP contribution in [0, 0.1) is 0 Å². The molecule has 0 aliphatic heterocycles. The van der Waals surface area contributed by atoms with Gasteiger partial charge in [0.25, 0.3) is 0 Å². The molecule has 2 atom stereocenters. The Labute approximate surface area is 537 Å². The van der Waals surface area contributed by atoms with Crippen molar-refractivity contribution in [1.29, 1.82) is 0 Å². The van der Waals surface area contributed by atoms with Crippen LogP contribution < -0.4 is 28.4 Å². The van der Waals surface area contributed by atoms with Gasteiger partial charge >= 0.3 is 0 Å². The van der Waals surface area contributed by atoms with Crippen LogP contribution >= 0.6 is 0 Å². The molecule has 0 N–H and O–H groups in total. The Bertz CT molecular complexity index is 3100. The first-order valence-electron chi connectivity index (χ1n) is 29.7. The zero-order valence-corrected chi connectivity index (χ0v) is 56.1. The summed E-state index contributed by atoms with van der Waals surface area (Å²) in [5.74, 6) is 4.37. The maximum Gasteiger partial charge on any atom is 0.239 e. The molecule has 0 fully saturated rings. The van der Waals surface area contributed by atoms with E-state index in [1.54, 1.807) is 60.9 Å². The third-order valence-corrected chi connectivity index (χ3v) is 20.7. The number of methoxy groups -OCH3 is 6. The Morgan fingerprint density at radius 1 is 0.378 bits per heavy atom. The van der Waals surface area contributed by atoms with Gasteiger partial charge in [-0.3, -0.25) is 0 Å². The minimum absolute atomic E-state index is 0.161. The van der Waals surface area contributed by atoms with Gasteiger partial charge in [0.15, 0.2) is 0 Å². The van der Waals surface area contributed by atoms with Gasteiger partial charge < -0.3 is 37.9 Å². The number of sulfonamides is 3. The quantitative estimate of drug-likeness (QED) is 0.0332. The number of rotatable bonds is 39. The summed E-state index contributed by atoms with van der Waals surface area (Å²) in [5.41, 5.74) is 5.28. The molecule has 0 heterocycles. The Balaban J connectivity index is 0.000000289. The maximum absolute atomic E-state index is 13.7. The van der Waals surface area contributed by atoms with Crippen molar-refractivity contribution in [2.75, 3.05) is 69.1 Å². The molecule has 17 nitrogen and oxygen atoms in total. The van der Waals surface area contributed by atoms with E-state index in [4.69, 9.17) is 37.9 Å². The van der Waals surface area contributed by atoms with Crippen LogP contribution in [0.2, 0.25) is 0 Å². The lowest BCUT2D eigenvalue weighted by Crippen LogP contribution is -2.40. The highest BCUT2D eigenvalue weighted by molar-refractivity contribution is 7.93. The van der Waals surface area contributed by atoms with Crippen LogP contribution in [-0.4, -0.2) is 118 Å². The van der Waals surface area contributed by atoms with Gasteiger partial charge in [0.2, 0.25) is 30.1 Å². The van der Waals surface area contributed by atoms with Gasteiger partial charge in [0.1, 0.15) is 34.5 Å². The third kappa shape index (κ3) is 24.5. The van der Waals surface area contributed by atoms with E-state index in [-0.39, 0.29) is 57.4 Å². The molecular weight excluding hydrogens is 1200 g/mol. The predicted molar refractivity (Wildman–Crippen MR) is 360 cm³/mol. The fourth-order valence-electron chi connectivity index (χ4n) is 9.04. The average molecular weight is 1300 g/mol. The highest BCUT2D eigenvalue weighted by Gasteiger charge is 2.34. The summed E-state index contributed by atoms with van der Waals surface area (Å²) in [7, 11) is -1.34. The summed E-state index contributed by atoms with van der Waals surface area (Å²) < 4.78 is 128. The topological polar surface area (TPSA) is 186 Å². The highest BCUT2D eigenvalue weighted by atomic mass is 32.2. The van der Waals surface area contributed by atoms with Crippen molar-refractivity contribution in [3.63, 3.8) is 0 Å². The van der Waals surface area contributed by atoms with Crippen LogP contribution in [0.3, 0.4) is 0 Å². The van der Waals surface area contributed by atoms with Crippen LogP contribution in [0.15, 0.2) is 195 Å². The molecule has 0 bridgehead atoms. The summed E-state index contributed by atoms with van der Waals surface area (Å²) >= 11 is 0. The van der Waals surface area contributed by atoms with Crippen molar-refractivity contribution in [1.82, 2.24) is 12.9 Å². The molecule has 6 aromatic carbocycles. The first kappa shape index (κ1) is 75.2. The first-order valence-corrected chi connectivity index (χ1v) is 34.1. The molecule has 6 aromatic rings. The fraction of sp³-hybridized carbons (Fsp3) is 0.371. The number of hydrogen-bond acceptors (Lipinski definition) is 14. The molecule has 0 aromatic heterocycles. The van der Waals surface area contributed by atoms with E-state index in [0.29, 0.717) is 51.7 Å². The van der Waals surface area contributed by atoms with E-state index in [0.717, 1.165) is 67.9 Å². The molecule has 0 aliphatic rings. The van der Waals surface area contributed by atoms with E-state index in [9.17, 15) is 25.3 Å². The van der Waals surface area contributed by atoms with Crippen LogP contribution in [0.1, 0.15) is 85.8 Å². The molecule has 0 spiro atoms. The molecular formula is C70H93N3O14S3. The zero-order chi connectivity index (χ0) is 66.0. The second-order valence-corrected chi connectivity index (χ2v) is 27.1. The van der Waals surface area contributed by atoms with Gasteiger partial charge in [0.05, 0.1) is 71.3 Å².